The topological polar surface area (TPSA) is 73.1 Å². The number of nitrogens with zero attached hydrogens (tertiary/aromatic N) is 4. The normalized spacial score (nSPS) is 28.4. The van der Waals surface area contributed by atoms with Gasteiger partial charge in [0.05, 0.1) is 17.7 Å². The van der Waals surface area contributed by atoms with Crippen LogP contribution in [0.1, 0.15) is 46.0 Å². The summed E-state index contributed by atoms with van der Waals surface area (Å²) in [4.78, 5) is 4.03. The second-order valence-electron chi connectivity index (χ2n) is 9.37. The smallest absolute Gasteiger partial charge is 0.233 e. The number of imidazole rings is 1. The van der Waals surface area contributed by atoms with E-state index in [1.165, 1.54) is 19.3 Å². The summed E-state index contributed by atoms with van der Waals surface area (Å²) in [7, 11) is 0. The van der Waals surface area contributed by atoms with Gasteiger partial charge in [0.15, 0.2) is 0 Å². The predicted octanol–water partition coefficient (Wildman–Crippen LogP) is 4.77. The number of ether oxygens (including phenoxy) is 1. The Morgan fingerprint density at radius 2 is 1.86 bits per heavy atom. The van der Waals surface area contributed by atoms with Crippen LogP contribution in [0.3, 0.4) is 0 Å². The SMILES string of the molecule is C[C@]12CC[C@](C)(C[C@@H](Oc3ccc(-c4ccc(-n5ccnc5)cc4O)nn3)C1)C2. The highest BCUT2D eigenvalue weighted by Crippen LogP contribution is 2.58. The number of hydrogen-bond donors (Lipinski definition) is 1. The molecule has 6 heteroatoms. The number of aromatic hydroxyl groups is 1. The molecule has 2 aromatic heterocycles. The fourth-order valence-corrected chi connectivity index (χ4v) is 5.42. The molecule has 0 aliphatic heterocycles. The summed E-state index contributed by atoms with van der Waals surface area (Å²) in [6.45, 7) is 4.78. The minimum atomic E-state index is 0.156. The van der Waals surface area contributed by atoms with Gasteiger partial charge in [-0.25, -0.2) is 4.98 Å². The number of fused-ring (bicyclic) bond motifs is 2. The molecule has 2 fully saturated rings. The molecular formula is C23H26N4O2. The Kier molecular flexibility index (Phi) is 4.12. The molecule has 5 rings (SSSR count). The second kappa shape index (κ2) is 6.58. The quantitative estimate of drug-likeness (QED) is 0.694. The van der Waals surface area contributed by atoms with E-state index in [4.69, 9.17) is 4.74 Å². The van der Waals surface area contributed by atoms with E-state index in [0.717, 1.165) is 18.5 Å². The summed E-state index contributed by atoms with van der Waals surface area (Å²) in [6, 6.07) is 9.17. The highest BCUT2D eigenvalue weighted by molar-refractivity contribution is 5.68. The van der Waals surface area contributed by atoms with Gasteiger partial charge in [0.25, 0.3) is 0 Å². The maximum absolute atomic E-state index is 10.5. The molecule has 3 atom stereocenters. The Labute approximate surface area is 170 Å². The third kappa shape index (κ3) is 3.48. The van der Waals surface area contributed by atoms with E-state index in [1.807, 2.05) is 35.0 Å². The van der Waals surface area contributed by atoms with Gasteiger partial charge in [-0.05, 0) is 61.1 Å². The van der Waals surface area contributed by atoms with Crippen LogP contribution in [0.25, 0.3) is 16.9 Å². The van der Waals surface area contributed by atoms with Crippen molar-refractivity contribution in [3.8, 4) is 28.6 Å². The summed E-state index contributed by atoms with van der Waals surface area (Å²) < 4.78 is 8.05. The first kappa shape index (κ1) is 18.2. The van der Waals surface area contributed by atoms with Gasteiger partial charge in [0, 0.05) is 30.1 Å². The largest absolute Gasteiger partial charge is 0.507 e. The number of hydrogen-bond acceptors (Lipinski definition) is 5. The minimum absolute atomic E-state index is 0.156. The van der Waals surface area contributed by atoms with Crippen molar-refractivity contribution in [2.75, 3.05) is 0 Å². The zero-order valence-electron chi connectivity index (χ0n) is 16.9. The van der Waals surface area contributed by atoms with E-state index in [2.05, 4.69) is 29.0 Å². The van der Waals surface area contributed by atoms with Crippen molar-refractivity contribution >= 4 is 0 Å². The minimum Gasteiger partial charge on any atom is -0.507 e. The summed E-state index contributed by atoms with van der Waals surface area (Å²) in [5.41, 5.74) is 2.89. The summed E-state index contributed by atoms with van der Waals surface area (Å²) in [5.74, 6) is 0.714. The number of benzene rings is 1. The maximum Gasteiger partial charge on any atom is 0.233 e. The standard InChI is InChI=1S/C23H26N4O2/c1-22-7-8-23(2,14-22)13-17(12-22)29-21-6-5-19(25-26-21)18-4-3-16(11-20(18)28)27-10-9-24-15-27/h3-6,9-11,15,17,28H,7-8,12-14H2,1-2H3/t17-,22-,23+. The van der Waals surface area contributed by atoms with Gasteiger partial charge < -0.3 is 14.4 Å². The fourth-order valence-electron chi connectivity index (χ4n) is 5.42. The highest BCUT2D eigenvalue weighted by Gasteiger charge is 2.49. The number of aromatic nitrogens is 4. The zero-order chi connectivity index (χ0) is 20.1. The lowest BCUT2D eigenvalue weighted by atomic mass is 9.69. The van der Waals surface area contributed by atoms with Crippen molar-refractivity contribution in [1.29, 1.82) is 0 Å². The van der Waals surface area contributed by atoms with Gasteiger partial charge in [0.2, 0.25) is 5.88 Å². The van der Waals surface area contributed by atoms with Gasteiger partial charge >= 0.3 is 0 Å². The van der Waals surface area contributed by atoms with Crippen LogP contribution in [0, 0.1) is 10.8 Å². The molecule has 1 N–H and O–H groups in total. The van der Waals surface area contributed by atoms with E-state index in [1.54, 1.807) is 18.6 Å². The Morgan fingerprint density at radius 1 is 1.07 bits per heavy atom. The summed E-state index contributed by atoms with van der Waals surface area (Å²) >= 11 is 0. The molecule has 0 radical (unpaired) electrons. The number of phenols is 1. The lowest BCUT2D eigenvalue weighted by Gasteiger charge is -2.39. The van der Waals surface area contributed by atoms with E-state index >= 15 is 0 Å². The highest BCUT2D eigenvalue weighted by atomic mass is 16.5. The van der Waals surface area contributed by atoms with Crippen LogP contribution in [0.15, 0.2) is 49.1 Å². The predicted molar refractivity (Wildman–Crippen MR) is 110 cm³/mol. The molecule has 0 amide bonds. The van der Waals surface area contributed by atoms with E-state index in [9.17, 15) is 5.11 Å². The van der Waals surface area contributed by atoms with Crippen LogP contribution in [0.5, 0.6) is 11.6 Å². The zero-order valence-corrected chi connectivity index (χ0v) is 16.9. The molecule has 0 saturated heterocycles. The molecule has 3 aromatic rings. The first-order chi connectivity index (χ1) is 13.9. The molecule has 0 spiro atoms. The Bertz CT molecular complexity index is 1000. The first-order valence-electron chi connectivity index (χ1n) is 10.2. The maximum atomic E-state index is 10.5. The molecule has 2 aliphatic rings. The van der Waals surface area contributed by atoms with Gasteiger partial charge in [-0.2, -0.15) is 0 Å². The lowest BCUT2D eigenvalue weighted by Crippen LogP contribution is -2.36. The second-order valence-corrected chi connectivity index (χ2v) is 9.37. The van der Waals surface area contributed by atoms with Crippen LogP contribution in [-0.2, 0) is 0 Å². The van der Waals surface area contributed by atoms with Crippen LogP contribution in [0.2, 0.25) is 0 Å². The molecule has 1 aromatic carbocycles. The van der Waals surface area contributed by atoms with E-state index in [0.29, 0.717) is 28.0 Å². The monoisotopic (exact) mass is 390 g/mol. The van der Waals surface area contributed by atoms with Gasteiger partial charge in [0.1, 0.15) is 11.9 Å². The number of phenolic OH excluding ortho intramolecular Hbond substituents is 1. The Morgan fingerprint density at radius 3 is 2.48 bits per heavy atom. The summed E-state index contributed by atoms with van der Waals surface area (Å²) in [6.07, 6.45) is 11.5. The molecule has 2 saturated carbocycles. The van der Waals surface area contributed by atoms with Crippen molar-refractivity contribution < 1.29 is 9.84 Å². The van der Waals surface area contributed by atoms with Crippen molar-refractivity contribution in [3.05, 3.63) is 49.1 Å². The Hall–Kier alpha value is -2.89. The summed E-state index contributed by atoms with van der Waals surface area (Å²) in [5, 5.41) is 19.0. The van der Waals surface area contributed by atoms with Crippen LogP contribution >= 0.6 is 0 Å². The number of rotatable bonds is 4. The van der Waals surface area contributed by atoms with Crippen LogP contribution in [-0.4, -0.2) is 31.0 Å². The van der Waals surface area contributed by atoms with Gasteiger partial charge in [-0.3, -0.25) is 0 Å². The molecule has 29 heavy (non-hydrogen) atoms. The van der Waals surface area contributed by atoms with Crippen LogP contribution in [0.4, 0.5) is 0 Å². The van der Waals surface area contributed by atoms with E-state index < -0.39 is 0 Å². The molecule has 2 aliphatic carbocycles. The lowest BCUT2D eigenvalue weighted by molar-refractivity contribution is 0.0401. The van der Waals surface area contributed by atoms with Crippen molar-refractivity contribution in [3.63, 3.8) is 0 Å². The molecule has 6 nitrogen and oxygen atoms in total. The Balaban J connectivity index is 1.32. The molecule has 2 heterocycles. The fraction of sp³-hybridized carbons (Fsp3) is 0.435. The van der Waals surface area contributed by atoms with Gasteiger partial charge in [-0.15, -0.1) is 10.2 Å². The van der Waals surface area contributed by atoms with Crippen molar-refractivity contribution in [2.45, 2.75) is 52.1 Å². The van der Waals surface area contributed by atoms with Crippen LogP contribution < -0.4 is 4.74 Å². The first-order valence-corrected chi connectivity index (χ1v) is 10.2. The average Bonchev–Trinajstić information content (AvgIpc) is 3.28. The average molecular weight is 390 g/mol. The molecular weight excluding hydrogens is 364 g/mol. The molecule has 2 bridgehead atoms. The van der Waals surface area contributed by atoms with Gasteiger partial charge in [-0.1, -0.05) is 13.8 Å². The molecule has 0 unspecified atom stereocenters. The third-order valence-electron chi connectivity index (χ3n) is 6.61. The third-order valence-corrected chi connectivity index (χ3v) is 6.61. The van der Waals surface area contributed by atoms with Crippen molar-refractivity contribution in [2.24, 2.45) is 10.8 Å². The van der Waals surface area contributed by atoms with Crippen molar-refractivity contribution in [1.82, 2.24) is 19.7 Å². The molecule has 150 valence electrons. The van der Waals surface area contributed by atoms with E-state index in [-0.39, 0.29) is 11.9 Å².